The average Bonchev–Trinajstić information content (AvgIpc) is 3.48. The van der Waals surface area contributed by atoms with E-state index in [9.17, 15) is 19.5 Å². The monoisotopic (exact) mass is 533 g/mol. The number of carbonyl (C=O) groups excluding carboxylic acids is 3. The zero-order valence-electron chi connectivity index (χ0n) is 22.6. The van der Waals surface area contributed by atoms with Crippen LogP contribution in [0.4, 0.5) is 0 Å². The number of morpholine rings is 1. The molecule has 4 rings (SSSR count). The summed E-state index contributed by atoms with van der Waals surface area (Å²) in [6.45, 7) is 14.2. The molecule has 212 valence electrons. The molecule has 2 bridgehead atoms. The van der Waals surface area contributed by atoms with Gasteiger partial charge in [-0.25, -0.2) is 0 Å². The number of likely N-dealkylation sites (tertiary alicyclic amines) is 1. The molecule has 10 heteroatoms. The van der Waals surface area contributed by atoms with E-state index in [4.69, 9.17) is 14.2 Å². The Morgan fingerprint density at radius 2 is 1.95 bits per heavy atom. The fraction of sp³-hybridized carbons (Fsp3) is 0.750. The smallest absolute Gasteiger partial charge is 0.312 e. The highest BCUT2D eigenvalue weighted by Crippen LogP contribution is 2.63. The SMILES string of the molecule is C=CCCCOC(=O)[C@@H]1[C@H]2C(=O)N(CCCO)C(C(=O)N(CC=C)CCN3CCOCC3)C23CC[C@@]1(C)O3. The van der Waals surface area contributed by atoms with E-state index in [-0.39, 0.29) is 31.6 Å². The number of fused-ring (bicyclic) bond motifs is 1. The molecule has 2 unspecified atom stereocenters. The van der Waals surface area contributed by atoms with E-state index in [1.807, 2.05) is 6.92 Å². The number of allylic oxidation sites excluding steroid dienone is 1. The van der Waals surface area contributed by atoms with E-state index >= 15 is 0 Å². The molecule has 4 aliphatic heterocycles. The fourth-order valence-electron chi connectivity index (χ4n) is 6.74. The Hall–Kier alpha value is -2.27. The summed E-state index contributed by atoms with van der Waals surface area (Å²) in [6, 6.07) is -0.864. The van der Waals surface area contributed by atoms with Gasteiger partial charge in [-0.05, 0) is 39.0 Å². The zero-order valence-corrected chi connectivity index (χ0v) is 22.6. The van der Waals surface area contributed by atoms with Gasteiger partial charge in [0.25, 0.3) is 0 Å². The fourth-order valence-corrected chi connectivity index (χ4v) is 6.74. The molecule has 1 N–H and O–H groups in total. The predicted molar refractivity (Wildman–Crippen MR) is 140 cm³/mol. The van der Waals surface area contributed by atoms with E-state index in [1.165, 1.54) is 0 Å². The third-order valence-corrected chi connectivity index (χ3v) is 8.57. The molecule has 0 aromatic rings. The number of esters is 1. The molecule has 1 spiro atoms. The Labute approximate surface area is 225 Å². The summed E-state index contributed by atoms with van der Waals surface area (Å²) in [5.41, 5.74) is -1.96. The second-order valence-corrected chi connectivity index (χ2v) is 11.0. The van der Waals surface area contributed by atoms with Gasteiger partial charge in [0.15, 0.2) is 0 Å². The van der Waals surface area contributed by atoms with E-state index in [0.717, 1.165) is 19.5 Å². The number of hydrogen-bond donors (Lipinski definition) is 1. The molecule has 38 heavy (non-hydrogen) atoms. The number of nitrogens with zero attached hydrogens (tertiary/aromatic N) is 3. The third kappa shape index (κ3) is 5.28. The maximum Gasteiger partial charge on any atom is 0.312 e. The van der Waals surface area contributed by atoms with E-state index in [2.05, 4.69) is 18.1 Å². The number of rotatable bonds is 14. The van der Waals surface area contributed by atoms with Gasteiger partial charge in [0.1, 0.15) is 17.6 Å². The predicted octanol–water partition coefficient (Wildman–Crippen LogP) is 0.990. The van der Waals surface area contributed by atoms with Crippen molar-refractivity contribution in [3.05, 3.63) is 25.3 Å². The Bertz CT molecular complexity index is 907. The lowest BCUT2D eigenvalue weighted by Gasteiger charge is -2.37. The number of aliphatic hydroxyl groups is 1. The molecular formula is C28H43N3O7. The zero-order chi connectivity index (χ0) is 27.3. The summed E-state index contributed by atoms with van der Waals surface area (Å²) in [4.78, 5) is 47.1. The van der Waals surface area contributed by atoms with Gasteiger partial charge >= 0.3 is 5.97 Å². The molecule has 0 aromatic carbocycles. The van der Waals surface area contributed by atoms with Crippen molar-refractivity contribution >= 4 is 17.8 Å². The van der Waals surface area contributed by atoms with Gasteiger partial charge in [0, 0.05) is 45.9 Å². The van der Waals surface area contributed by atoms with Crippen LogP contribution in [0.25, 0.3) is 0 Å². The minimum Gasteiger partial charge on any atom is -0.465 e. The molecule has 0 saturated carbocycles. The van der Waals surface area contributed by atoms with Gasteiger partial charge in [0.05, 0.1) is 31.3 Å². The quantitative estimate of drug-likeness (QED) is 0.200. The first kappa shape index (κ1) is 28.7. The summed E-state index contributed by atoms with van der Waals surface area (Å²) in [5.74, 6) is -2.47. The molecule has 0 radical (unpaired) electrons. The number of amides is 2. The molecule has 10 nitrogen and oxygen atoms in total. The number of unbranched alkanes of at least 4 members (excludes halogenated alkanes) is 1. The van der Waals surface area contributed by atoms with Crippen molar-refractivity contribution in [2.24, 2.45) is 11.8 Å². The van der Waals surface area contributed by atoms with Gasteiger partial charge in [-0.3, -0.25) is 19.3 Å². The summed E-state index contributed by atoms with van der Waals surface area (Å²) in [5, 5.41) is 9.54. The number of ether oxygens (including phenoxy) is 3. The van der Waals surface area contributed by atoms with Crippen LogP contribution >= 0.6 is 0 Å². The Morgan fingerprint density at radius 3 is 2.63 bits per heavy atom. The molecule has 2 amide bonds. The molecule has 5 atom stereocenters. The van der Waals surface area contributed by atoms with Crippen LogP contribution in [-0.4, -0.2) is 121 Å². The number of carbonyl (C=O) groups is 3. The average molecular weight is 534 g/mol. The topological polar surface area (TPSA) is 109 Å². The normalized spacial score (nSPS) is 32.3. The molecule has 4 heterocycles. The van der Waals surface area contributed by atoms with Crippen LogP contribution in [0.15, 0.2) is 25.3 Å². The van der Waals surface area contributed by atoms with Crippen molar-refractivity contribution in [3.8, 4) is 0 Å². The highest BCUT2D eigenvalue weighted by Gasteiger charge is 2.78. The number of aliphatic hydroxyl groups excluding tert-OH is 1. The van der Waals surface area contributed by atoms with Gasteiger partial charge < -0.3 is 29.1 Å². The molecular weight excluding hydrogens is 490 g/mol. The van der Waals surface area contributed by atoms with Crippen molar-refractivity contribution in [1.29, 1.82) is 0 Å². The minimum atomic E-state index is -1.10. The highest BCUT2D eigenvalue weighted by atomic mass is 16.6. The second kappa shape index (κ2) is 12.3. The molecule has 0 aliphatic carbocycles. The standard InChI is InChI=1S/C28H43N3O7/c1-4-6-7-18-37-26(35)22-21-24(33)31(12-8-17-32)23(28(21)10-9-27(22,3)38-28)25(34)30(11-5-2)14-13-29-15-19-36-20-16-29/h4-5,21-23,32H,1-2,6-20H2,3H3/t21-,22-,23?,27+,28?/m0/s1. The minimum absolute atomic E-state index is 0.108. The van der Waals surface area contributed by atoms with Crippen molar-refractivity contribution in [2.45, 2.75) is 56.3 Å². The second-order valence-electron chi connectivity index (χ2n) is 11.0. The van der Waals surface area contributed by atoms with Gasteiger partial charge in [0.2, 0.25) is 11.8 Å². The first-order chi connectivity index (χ1) is 18.3. The van der Waals surface area contributed by atoms with E-state index < -0.39 is 35.0 Å². The van der Waals surface area contributed by atoms with Crippen LogP contribution in [0.5, 0.6) is 0 Å². The van der Waals surface area contributed by atoms with Crippen molar-refractivity contribution < 1.29 is 33.7 Å². The summed E-state index contributed by atoms with van der Waals surface area (Å²) < 4.78 is 17.7. The van der Waals surface area contributed by atoms with E-state index in [0.29, 0.717) is 58.5 Å². The first-order valence-corrected chi connectivity index (χ1v) is 13.9. The van der Waals surface area contributed by atoms with Crippen LogP contribution in [0.2, 0.25) is 0 Å². The van der Waals surface area contributed by atoms with Crippen molar-refractivity contribution in [1.82, 2.24) is 14.7 Å². The largest absolute Gasteiger partial charge is 0.465 e. The number of hydrogen-bond acceptors (Lipinski definition) is 8. The highest BCUT2D eigenvalue weighted by molar-refractivity contribution is 5.98. The van der Waals surface area contributed by atoms with Crippen LogP contribution < -0.4 is 0 Å². The van der Waals surface area contributed by atoms with Crippen LogP contribution in [-0.2, 0) is 28.6 Å². The van der Waals surface area contributed by atoms with Gasteiger partial charge in [-0.2, -0.15) is 0 Å². The lowest BCUT2D eigenvalue weighted by Crippen LogP contribution is -2.57. The lowest BCUT2D eigenvalue weighted by molar-refractivity contribution is -0.160. The van der Waals surface area contributed by atoms with E-state index in [1.54, 1.807) is 22.0 Å². The van der Waals surface area contributed by atoms with Gasteiger partial charge in [-0.1, -0.05) is 12.2 Å². The lowest BCUT2D eigenvalue weighted by atomic mass is 9.66. The van der Waals surface area contributed by atoms with Crippen LogP contribution in [0.1, 0.15) is 39.0 Å². The van der Waals surface area contributed by atoms with Crippen molar-refractivity contribution in [3.63, 3.8) is 0 Å². The molecule has 4 fully saturated rings. The van der Waals surface area contributed by atoms with Gasteiger partial charge in [-0.15, -0.1) is 13.2 Å². The molecule has 0 aromatic heterocycles. The maximum atomic E-state index is 14.3. The molecule has 4 aliphatic rings. The summed E-state index contributed by atoms with van der Waals surface area (Å²) in [6.07, 6.45) is 6.27. The Balaban J connectivity index is 1.60. The first-order valence-electron chi connectivity index (χ1n) is 13.9. The van der Waals surface area contributed by atoms with Crippen LogP contribution in [0, 0.1) is 11.8 Å². The Kier molecular flexibility index (Phi) is 9.28. The van der Waals surface area contributed by atoms with Crippen LogP contribution in [0.3, 0.4) is 0 Å². The Morgan fingerprint density at radius 1 is 1.18 bits per heavy atom. The summed E-state index contributed by atoms with van der Waals surface area (Å²) in [7, 11) is 0. The molecule has 4 saturated heterocycles. The van der Waals surface area contributed by atoms with Crippen molar-refractivity contribution in [2.75, 3.05) is 65.7 Å². The third-order valence-electron chi connectivity index (χ3n) is 8.57. The maximum absolute atomic E-state index is 14.3. The summed E-state index contributed by atoms with van der Waals surface area (Å²) >= 11 is 0.